The molecule has 0 atom stereocenters. The monoisotopic (exact) mass is 254 g/mol. The third-order valence-electron chi connectivity index (χ3n) is 2.09. The molecule has 86 valence electrons. The molecule has 1 aromatic carbocycles. The molecule has 0 aliphatic carbocycles. The molecule has 0 aliphatic rings. The SMILES string of the molecule is CCSCCCNc1ccc(Cl)c(C#N)c1. The van der Waals surface area contributed by atoms with E-state index in [-0.39, 0.29) is 0 Å². The molecule has 0 bridgehead atoms. The molecular formula is C12H15ClN2S. The summed E-state index contributed by atoms with van der Waals surface area (Å²) in [6.45, 7) is 3.09. The van der Waals surface area contributed by atoms with Gasteiger partial charge in [0.1, 0.15) is 6.07 Å². The molecule has 0 heterocycles. The fourth-order valence-electron chi connectivity index (χ4n) is 1.27. The number of hydrogen-bond donors (Lipinski definition) is 1. The Morgan fingerprint density at radius 2 is 2.31 bits per heavy atom. The van der Waals surface area contributed by atoms with Crippen molar-refractivity contribution in [3.05, 3.63) is 28.8 Å². The number of benzene rings is 1. The summed E-state index contributed by atoms with van der Waals surface area (Å²) in [5, 5.41) is 12.6. The Hall–Kier alpha value is -0.850. The number of nitriles is 1. The summed E-state index contributed by atoms with van der Waals surface area (Å²) in [6.07, 6.45) is 1.13. The molecule has 0 amide bonds. The molecule has 0 aliphatic heterocycles. The van der Waals surface area contributed by atoms with Gasteiger partial charge in [0.25, 0.3) is 0 Å². The minimum atomic E-state index is 0.509. The molecular weight excluding hydrogens is 240 g/mol. The summed E-state index contributed by atoms with van der Waals surface area (Å²) in [6, 6.07) is 7.51. The van der Waals surface area contributed by atoms with E-state index in [2.05, 4.69) is 18.3 Å². The summed E-state index contributed by atoms with van der Waals surface area (Å²) < 4.78 is 0. The van der Waals surface area contributed by atoms with Gasteiger partial charge in [0.15, 0.2) is 0 Å². The van der Waals surface area contributed by atoms with Crippen LogP contribution in [0.1, 0.15) is 18.9 Å². The minimum Gasteiger partial charge on any atom is -0.385 e. The molecule has 0 unspecified atom stereocenters. The van der Waals surface area contributed by atoms with Crippen molar-refractivity contribution >= 4 is 29.1 Å². The molecule has 0 aromatic heterocycles. The van der Waals surface area contributed by atoms with Crippen LogP contribution in [0.15, 0.2) is 18.2 Å². The molecule has 0 spiro atoms. The van der Waals surface area contributed by atoms with E-state index in [0.717, 1.165) is 18.7 Å². The lowest BCUT2D eigenvalue weighted by Gasteiger charge is -2.06. The van der Waals surface area contributed by atoms with Crippen LogP contribution in [0.5, 0.6) is 0 Å². The summed E-state index contributed by atoms with van der Waals surface area (Å²) in [7, 11) is 0. The van der Waals surface area contributed by atoms with Crippen molar-refractivity contribution in [1.29, 1.82) is 5.26 Å². The highest BCUT2D eigenvalue weighted by Crippen LogP contribution is 2.19. The number of rotatable bonds is 6. The minimum absolute atomic E-state index is 0.509. The summed E-state index contributed by atoms with van der Waals surface area (Å²) in [5.41, 5.74) is 1.48. The Balaban J connectivity index is 2.40. The van der Waals surface area contributed by atoms with Crippen LogP contribution in [0.25, 0.3) is 0 Å². The van der Waals surface area contributed by atoms with E-state index >= 15 is 0 Å². The standard InChI is InChI=1S/C12H15ClN2S/c1-2-16-7-3-6-15-11-4-5-12(13)10(8-11)9-14/h4-5,8,15H,2-3,6-7H2,1H3. The zero-order chi connectivity index (χ0) is 11.8. The topological polar surface area (TPSA) is 35.8 Å². The first-order valence-corrected chi connectivity index (χ1v) is 6.82. The van der Waals surface area contributed by atoms with Crippen molar-refractivity contribution in [3.63, 3.8) is 0 Å². The first-order valence-electron chi connectivity index (χ1n) is 5.29. The maximum atomic E-state index is 8.82. The molecule has 0 saturated carbocycles. The highest BCUT2D eigenvalue weighted by Gasteiger charge is 2.00. The van der Waals surface area contributed by atoms with Crippen molar-refractivity contribution in [2.75, 3.05) is 23.4 Å². The van der Waals surface area contributed by atoms with Crippen LogP contribution < -0.4 is 5.32 Å². The lowest BCUT2D eigenvalue weighted by atomic mass is 10.2. The average Bonchev–Trinajstić information content (AvgIpc) is 2.31. The molecule has 0 saturated heterocycles. The van der Waals surface area contributed by atoms with E-state index in [1.165, 1.54) is 11.5 Å². The fourth-order valence-corrected chi connectivity index (χ4v) is 2.07. The number of nitrogens with zero attached hydrogens (tertiary/aromatic N) is 1. The fraction of sp³-hybridized carbons (Fsp3) is 0.417. The largest absolute Gasteiger partial charge is 0.385 e. The van der Waals surface area contributed by atoms with Gasteiger partial charge >= 0.3 is 0 Å². The van der Waals surface area contributed by atoms with Gasteiger partial charge in [-0.1, -0.05) is 18.5 Å². The van der Waals surface area contributed by atoms with Gasteiger partial charge in [-0.15, -0.1) is 0 Å². The quantitative estimate of drug-likeness (QED) is 0.785. The van der Waals surface area contributed by atoms with Crippen LogP contribution in [0.3, 0.4) is 0 Å². The summed E-state index contributed by atoms with van der Waals surface area (Å²) in [4.78, 5) is 0. The molecule has 2 nitrogen and oxygen atoms in total. The van der Waals surface area contributed by atoms with E-state index in [1.807, 2.05) is 17.8 Å². The van der Waals surface area contributed by atoms with Crippen LogP contribution >= 0.6 is 23.4 Å². The molecule has 16 heavy (non-hydrogen) atoms. The number of anilines is 1. The Morgan fingerprint density at radius 1 is 1.50 bits per heavy atom. The van der Waals surface area contributed by atoms with Gasteiger partial charge in [0.05, 0.1) is 10.6 Å². The van der Waals surface area contributed by atoms with Crippen LogP contribution in [0.2, 0.25) is 5.02 Å². The summed E-state index contributed by atoms with van der Waals surface area (Å²) in [5.74, 6) is 2.34. The van der Waals surface area contributed by atoms with Gasteiger partial charge in [-0.2, -0.15) is 17.0 Å². The normalized spacial score (nSPS) is 9.81. The number of thioether (sulfide) groups is 1. The predicted octanol–water partition coefficient (Wildman–Crippen LogP) is 3.77. The van der Waals surface area contributed by atoms with Gasteiger partial charge in [-0.25, -0.2) is 0 Å². The number of halogens is 1. The third kappa shape index (κ3) is 4.34. The van der Waals surface area contributed by atoms with E-state index in [0.29, 0.717) is 10.6 Å². The van der Waals surface area contributed by atoms with Gasteiger partial charge in [0.2, 0.25) is 0 Å². The Bertz CT molecular complexity index is 374. The second-order valence-electron chi connectivity index (χ2n) is 3.28. The Labute approximate surface area is 106 Å². The number of nitrogens with one attached hydrogen (secondary N) is 1. The number of hydrogen-bond acceptors (Lipinski definition) is 3. The van der Waals surface area contributed by atoms with Crippen LogP contribution in [0.4, 0.5) is 5.69 Å². The summed E-state index contributed by atoms with van der Waals surface area (Å²) >= 11 is 7.79. The zero-order valence-electron chi connectivity index (χ0n) is 9.29. The van der Waals surface area contributed by atoms with E-state index < -0.39 is 0 Å². The van der Waals surface area contributed by atoms with Gasteiger partial charge in [0, 0.05) is 12.2 Å². The smallest absolute Gasteiger partial charge is 0.101 e. The highest BCUT2D eigenvalue weighted by atomic mass is 35.5. The third-order valence-corrected chi connectivity index (χ3v) is 3.40. The Morgan fingerprint density at radius 3 is 3.00 bits per heavy atom. The zero-order valence-corrected chi connectivity index (χ0v) is 10.9. The van der Waals surface area contributed by atoms with Gasteiger partial charge in [-0.05, 0) is 36.1 Å². The van der Waals surface area contributed by atoms with Crippen LogP contribution in [-0.4, -0.2) is 18.1 Å². The van der Waals surface area contributed by atoms with E-state index in [9.17, 15) is 0 Å². The van der Waals surface area contributed by atoms with Crippen molar-refractivity contribution in [2.45, 2.75) is 13.3 Å². The van der Waals surface area contributed by atoms with Crippen LogP contribution in [-0.2, 0) is 0 Å². The van der Waals surface area contributed by atoms with Crippen LogP contribution in [0, 0.1) is 11.3 Å². The van der Waals surface area contributed by atoms with Crippen molar-refractivity contribution < 1.29 is 0 Å². The van der Waals surface area contributed by atoms with Crippen molar-refractivity contribution in [1.82, 2.24) is 0 Å². The van der Waals surface area contributed by atoms with Crippen molar-refractivity contribution in [3.8, 4) is 6.07 Å². The molecule has 1 aromatic rings. The van der Waals surface area contributed by atoms with E-state index in [4.69, 9.17) is 16.9 Å². The highest BCUT2D eigenvalue weighted by molar-refractivity contribution is 7.99. The maximum absolute atomic E-state index is 8.82. The molecule has 0 fully saturated rings. The Kier molecular flexibility index (Phi) is 6.14. The van der Waals surface area contributed by atoms with Gasteiger partial charge < -0.3 is 5.32 Å². The first-order chi connectivity index (χ1) is 7.77. The van der Waals surface area contributed by atoms with Crippen molar-refractivity contribution in [2.24, 2.45) is 0 Å². The molecule has 1 rings (SSSR count). The average molecular weight is 255 g/mol. The maximum Gasteiger partial charge on any atom is 0.101 e. The second-order valence-corrected chi connectivity index (χ2v) is 5.08. The molecule has 1 N–H and O–H groups in total. The first kappa shape index (κ1) is 13.2. The predicted molar refractivity (Wildman–Crippen MR) is 72.3 cm³/mol. The molecule has 0 radical (unpaired) electrons. The van der Waals surface area contributed by atoms with E-state index in [1.54, 1.807) is 12.1 Å². The second kappa shape index (κ2) is 7.43. The van der Waals surface area contributed by atoms with Gasteiger partial charge in [-0.3, -0.25) is 0 Å². The molecule has 4 heteroatoms. The lowest BCUT2D eigenvalue weighted by Crippen LogP contribution is -2.02. The lowest BCUT2D eigenvalue weighted by molar-refractivity contribution is 0.992.